The van der Waals surface area contributed by atoms with Crippen LogP contribution in [0.25, 0.3) is 0 Å². The first-order valence-corrected chi connectivity index (χ1v) is 5.74. The third-order valence-corrected chi connectivity index (χ3v) is 3.16. The predicted octanol–water partition coefficient (Wildman–Crippen LogP) is 2.63. The van der Waals surface area contributed by atoms with E-state index < -0.39 is 6.09 Å². The van der Waals surface area contributed by atoms with Gasteiger partial charge in [0.1, 0.15) is 18.1 Å². The Labute approximate surface area is 118 Å². The molecule has 1 amide bonds. The molecule has 106 valence electrons. The van der Waals surface area contributed by atoms with Gasteiger partial charge in [-0.1, -0.05) is 13.8 Å². The highest BCUT2D eigenvalue weighted by atomic mass is 35.5. The van der Waals surface area contributed by atoms with E-state index in [9.17, 15) is 9.90 Å². The number of phenols is 1. The van der Waals surface area contributed by atoms with Crippen LogP contribution in [0.2, 0.25) is 0 Å². The summed E-state index contributed by atoms with van der Waals surface area (Å²) in [6.07, 6.45) is -0.471. The number of phenolic OH excluding ortho intramolecular Hbond substituents is 1. The number of nitrogens with one attached hydrogen (secondary N) is 1. The van der Waals surface area contributed by atoms with Crippen molar-refractivity contribution in [1.29, 1.82) is 0 Å². The Morgan fingerprint density at radius 3 is 2.79 bits per heavy atom. The van der Waals surface area contributed by atoms with E-state index in [1.165, 1.54) is 0 Å². The molecule has 2 rings (SSSR count). The van der Waals surface area contributed by atoms with Crippen molar-refractivity contribution in [3.05, 3.63) is 23.8 Å². The Morgan fingerprint density at radius 2 is 2.16 bits per heavy atom. The number of alkyl carbamates (subject to hydrolysis) is 1. The number of benzene rings is 1. The Balaban J connectivity index is 0.00000180. The summed E-state index contributed by atoms with van der Waals surface area (Å²) in [4.78, 5) is 11.4. The lowest BCUT2D eigenvalue weighted by Crippen LogP contribution is -2.46. The molecule has 0 unspecified atom stereocenters. The number of ether oxygens (including phenoxy) is 2. The summed E-state index contributed by atoms with van der Waals surface area (Å²) < 4.78 is 10.1. The highest BCUT2D eigenvalue weighted by Gasteiger charge is 2.39. The number of cyclic esters (lactones) is 1. The van der Waals surface area contributed by atoms with Gasteiger partial charge in [0.2, 0.25) is 0 Å². The second kappa shape index (κ2) is 5.57. The van der Waals surface area contributed by atoms with Crippen LogP contribution in [0.15, 0.2) is 18.2 Å². The molecule has 1 heterocycles. The van der Waals surface area contributed by atoms with Gasteiger partial charge in [-0.05, 0) is 18.2 Å². The smallest absolute Gasteiger partial charge is 0.407 e. The van der Waals surface area contributed by atoms with Crippen molar-refractivity contribution in [2.24, 2.45) is 5.41 Å². The Morgan fingerprint density at radius 1 is 1.47 bits per heavy atom. The van der Waals surface area contributed by atoms with Crippen LogP contribution < -0.4 is 10.1 Å². The van der Waals surface area contributed by atoms with Crippen LogP contribution in [-0.2, 0) is 4.74 Å². The molecule has 6 heteroatoms. The van der Waals surface area contributed by atoms with Gasteiger partial charge in [0, 0.05) is 11.0 Å². The average molecular weight is 288 g/mol. The first-order valence-electron chi connectivity index (χ1n) is 5.74. The summed E-state index contributed by atoms with van der Waals surface area (Å²) in [7, 11) is 1.56. The zero-order valence-corrected chi connectivity index (χ0v) is 11.9. The maximum absolute atomic E-state index is 11.4. The SMILES string of the molecule is COc1ccc(O)c([C@@H]2NC(=O)OCC2(C)C)c1.Cl. The van der Waals surface area contributed by atoms with Crippen LogP contribution >= 0.6 is 12.4 Å². The number of aromatic hydroxyl groups is 1. The number of hydrogen-bond acceptors (Lipinski definition) is 4. The van der Waals surface area contributed by atoms with Gasteiger partial charge in [-0.3, -0.25) is 0 Å². The molecule has 1 fully saturated rings. The molecule has 0 spiro atoms. The molecule has 5 nitrogen and oxygen atoms in total. The fourth-order valence-electron chi connectivity index (χ4n) is 2.08. The lowest BCUT2D eigenvalue weighted by Gasteiger charge is -2.38. The van der Waals surface area contributed by atoms with Crippen LogP contribution in [-0.4, -0.2) is 24.9 Å². The maximum atomic E-state index is 11.4. The van der Waals surface area contributed by atoms with E-state index in [-0.39, 0.29) is 29.6 Å². The molecule has 1 aliphatic rings. The molecule has 1 aliphatic heterocycles. The molecule has 0 saturated carbocycles. The molecule has 2 N–H and O–H groups in total. The monoisotopic (exact) mass is 287 g/mol. The number of rotatable bonds is 2. The molecule has 0 radical (unpaired) electrons. The topological polar surface area (TPSA) is 67.8 Å². The molecule has 19 heavy (non-hydrogen) atoms. The second-order valence-corrected chi connectivity index (χ2v) is 5.07. The molecular weight excluding hydrogens is 270 g/mol. The maximum Gasteiger partial charge on any atom is 0.407 e. The number of hydrogen-bond donors (Lipinski definition) is 2. The zero-order chi connectivity index (χ0) is 13.3. The van der Waals surface area contributed by atoms with E-state index in [0.29, 0.717) is 17.9 Å². The number of methoxy groups -OCH3 is 1. The number of amides is 1. The molecule has 1 saturated heterocycles. The second-order valence-electron chi connectivity index (χ2n) is 5.07. The summed E-state index contributed by atoms with van der Waals surface area (Å²) in [6, 6.07) is 4.65. The quantitative estimate of drug-likeness (QED) is 0.877. The molecule has 0 aromatic heterocycles. The normalized spacial score (nSPS) is 20.8. The van der Waals surface area contributed by atoms with Crippen molar-refractivity contribution in [3.63, 3.8) is 0 Å². The van der Waals surface area contributed by atoms with Crippen molar-refractivity contribution in [1.82, 2.24) is 5.32 Å². The number of carbonyl (C=O) groups is 1. The number of halogens is 1. The molecule has 1 aromatic rings. The summed E-state index contributed by atoms with van der Waals surface area (Å²) in [5.41, 5.74) is 0.327. The minimum atomic E-state index is -0.471. The first kappa shape index (κ1) is 15.4. The molecule has 0 aliphatic carbocycles. The van der Waals surface area contributed by atoms with E-state index >= 15 is 0 Å². The minimum Gasteiger partial charge on any atom is -0.508 e. The van der Waals surface area contributed by atoms with E-state index in [1.54, 1.807) is 25.3 Å². The first-order chi connectivity index (χ1) is 8.44. The fraction of sp³-hybridized carbons (Fsp3) is 0.462. The zero-order valence-electron chi connectivity index (χ0n) is 11.1. The van der Waals surface area contributed by atoms with Gasteiger partial charge in [0.15, 0.2) is 0 Å². The summed E-state index contributed by atoms with van der Waals surface area (Å²) in [5.74, 6) is 0.774. The predicted molar refractivity (Wildman–Crippen MR) is 72.9 cm³/mol. The Kier molecular flexibility index (Phi) is 4.52. The van der Waals surface area contributed by atoms with Gasteiger partial charge in [0.25, 0.3) is 0 Å². The van der Waals surface area contributed by atoms with Crippen LogP contribution in [0.4, 0.5) is 4.79 Å². The van der Waals surface area contributed by atoms with E-state index in [0.717, 1.165) is 0 Å². The molecule has 1 aromatic carbocycles. The van der Waals surface area contributed by atoms with Crippen LogP contribution in [0, 0.1) is 5.41 Å². The van der Waals surface area contributed by atoms with E-state index in [2.05, 4.69) is 5.32 Å². The molecule has 1 atom stereocenters. The van der Waals surface area contributed by atoms with Crippen molar-refractivity contribution < 1.29 is 19.4 Å². The van der Waals surface area contributed by atoms with Crippen LogP contribution in [0.5, 0.6) is 11.5 Å². The van der Waals surface area contributed by atoms with Crippen molar-refractivity contribution in [2.75, 3.05) is 13.7 Å². The van der Waals surface area contributed by atoms with Crippen molar-refractivity contribution >= 4 is 18.5 Å². The number of carbonyl (C=O) groups excluding carboxylic acids is 1. The molecular formula is C13H18ClNO4. The van der Waals surface area contributed by atoms with E-state index in [4.69, 9.17) is 9.47 Å². The highest BCUT2D eigenvalue weighted by molar-refractivity contribution is 5.85. The van der Waals surface area contributed by atoms with E-state index in [1.807, 2.05) is 13.8 Å². The van der Waals surface area contributed by atoms with Crippen molar-refractivity contribution in [2.45, 2.75) is 19.9 Å². The standard InChI is InChI=1S/C13H17NO4.ClH/c1-13(2)7-18-12(16)14-11(13)9-6-8(17-3)4-5-10(9)15;/h4-6,11,15H,7H2,1-3H3,(H,14,16);1H/t11-;/m0./s1. The summed E-state index contributed by atoms with van der Waals surface area (Å²) in [6.45, 7) is 4.24. The highest BCUT2D eigenvalue weighted by Crippen LogP contribution is 2.41. The van der Waals surface area contributed by atoms with Gasteiger partial charge in [-0.25, -0.2) is 4.79 Å². The van der Waals surface area contributed by atoms with Gasteiger partial charge in [0.05, 0.1) is 13.2 Å². The van der Waals surface area contributed by atoms with Gasteiger partial charge < -0.3 is 19.9 Å². The van der Waals surface area contributed by atoms with Crippen LogP contribution in [0.3, 0.4) is 0 Å². The Hall–Kier alpha value is -1.62. The third kappa shape index (κ3) is 3.04. The lowest BCUT2D eigenvalue weighted by molar-refractivity contribution is 0.0380. The van der Waals surface area contributed by atoms with Gasteiger partial charge in [-0.15, -0.1) is 12.4 Å². The summed E-state index contributed by atoms with van der Waals surface area (Å²) in [5, 5.41) is 12.7. The molecule has 0 bridgehead atoms. The average Bonchev–Trinajstić information content (AvgIpc) is 2.33. The van der Waals surface area contributed by atoms with Gasteiger partial charge >= 0.3 is 6.09 Å². The lowest BCUT2D eigenvalue weighted by atomic mass is 9.80. The van der Waals surface area contributed by atoms with Crippen LogP contribution in [0.1, 0.15) is 25.5 Å². The summed E-state index contributed by atoms with van der Waals surface area (Å²) >= 11 is 0. The van der Waals surface area contributed by atoms with Gasteiger partial charge in [-0.2, -0.15) is 0 Å². The fourth-order valence-corrected chi connectivity index (χ4v) is 2.08. The largest absolute Gasteiger partial charge is 0.508 e. The minimum absolute atomic E-state index is 0. The third-order valence-electron chi connectivity index (χ3n) is 3.16. The Bertz CT molecular complexity index is 476. The van der Waals surface area contributed by atoms with Crippen molar-refractivity contribution in [3.8, 4) is 11.5 Å².